The van der Waals surface area contributed by atoms with Crippen LogP contribution in [0.5, 0.6) is 5.75 Å². The zero-order valence-electron chi connectivity index (χ0n) is 17.1. The highest BCUT2D eigenvalue weighted by Gasteiger charge is 2.35. The first-order chi connectivity index (χ1) is 14.5. The first-order valence-electron chi connectivity index (χ1n) is 10.5. The minimum atomic E-state index is -0.335. The first kappa shape index (κ1) is 20.1. The van der Waals surface area contributed by atoms with Crippen LogP contribution in [0.4, 0.5) is 0 Å². The summed E-state index contributed by atoms with van der Waals surface area (Å²) in [5, 5.41) is 2.88. The van der Waals surface area contributed by atoms with Crippen LogP contribution in [0.25, 0.3) is 0 Å². The van der Waals surface area contributed by atoms with Crippen molar-refractivity contribution in [2.45, 2.75) is 51.7 Å². The van der Waals surface area contributed by atoms with Gasteiger partial charge in [0.1, 0.15) is 5.75 Å². The Labute approximate surface area is 176 Å². The molecule has 4 rings (SSSR count). The van der Waals surface area contributed by atoms with Gasteiger partial charge in [0.2, 0.25) is 5.91 Å². The molecule has 0 atom stereocenters. The molecule has 2 aromatic rings. The summed E-state index contributed by atoms with van der Waals surface area (Å²) in [4.78, 5) is 38.5. The largest absolute Gasteiger partial charge is 0.490 e. The highest BCUT2D eigenvalue weighted by Crippen LogP contribution is 2.27. The van der Waals surface area contributed by atoms with Crippen LogP contribution in [-0.2, 0) is 11.3 Å². The second-order valence-electron chi connectivity index (χ2n) is 7.97. The molecule has 0 radical (unpaired) electrons. The molecule has 1 N–H and O–H groups in total. The van der Waals surface area contributed by atoms with Gasteiger partial charge in [0, 0.05) is 25.1 Å². The topological polar surface area (TPSA) is 75.7 Å². The van der Waals surface area contributed by atoms with Crippen LogP contribution < -0.4 is 10.1 Å². The van der Waals surface area contributed by atoms with Crippen molar-refractivity contribution in [3.8, 4) is 5.75 Å². The van der Waals surface area contributed by atoms with Gasteiger partial charge in [-0.2, -0.15) is 0 Å². The average molecular weight is 406 g/mol. The Bertz CT molecular complexity index is 979. The van der Waals surface area contributed by atoms with Crippen LogP contribution in [0.15, 0.2) is 42.5 Å². The molecule has 0 aromatic heterocycles. The van der Waals surface area contributed by atoms with E-state index in [-0.39, 0.29) is 36.8 Å². The maximum Gasteiger partial charge on any atom is 0.261 e. The molecule has 1 aliphatic carbocycles. The Morgan fingerprint density at radius 1 is 1.07 bits per heavy atom. The fourth-order valence-electron chi connectivity index (χ4n) is 4.05. The lowest BCUT2D eigenvalue weighted by atomic mass is 10.1. The molecule has 6 nitrogen and oxygen atoms in total. The minimum absolute atomic E-state index is 0.0656. The SMILES string of the molecule is Cc1ccc2c(c1)C(=O)N(CCC(=O)NCc1ccccc1OC1CCCC1)C2=O. The van der Waals surface area contributed by atoms with Gasteiger partial charge in [-0.15, -0.1) is 0 Å². The van der Waals surface area contributed by atoms with Gasteiger partial charge < -0.3 is 10.1 Å². The molecule has 0 spiro atoms. The zero-order valence-corrected chi connectivity index (χ0v) is 17.1. The van der Waals surface area contributed by atoms with E-state index in [1.54, 1.807) is 12.1 Å². The molecule has 1 fully saturated rings. The molecular formula is C24H26N2O4. The fraction of sp³-hybridized carbons (Fsp3) is 0.375. The molecule has 1 heterocycles. The summed E-state index contributed by atoms with van der Waals surface area (Å²) < 4.78 is 6.10. The van der Waals surface area contributed by atoms with E-state index in [0.29, 0.717) is 17.7 Å². The lowest BCUT2D eigenvalue weighted by Crippen LogP contribution is -2.34. The number of carbonyl (C=O) groups is 3. The summed E-state index contributed by atoms with van der Waals surface area (Å²) in [7, 11) is 0. The van der Waals surface area contributed by atoms with Crippen LogP contribution in [-0.4, -0.2) is 35.3 Å². The summed E-state index contributed by atoms with van der Waals surface area (Å²) in [5.41, 5.74) is 2.67. The lowest BCUT2D eigenvalue weighted by molar-refractivity contribution is -0.121. The molecule has 0 bridgehead atoms. The quantitative estimate of drug-likeness (QED) is 0.713. The number of amides is 3. The van der Waals surface area contributed by atoms with E-state index in [2.05, 4.69) is 5.32 Å². The van der Waals surface area contributed by atoms with E-state index >= 15 is 0 Å². The smallest absolute Gasteiger partial charge is 0.261 e. The lowest BCUT2D eigenvalue weighted by Gasteiger charge is -2.17. The number of carbonyl (C=O) groups excluding carboxylic acids is 3. The van der Waals surface area contributed by atoms with Crippen LogP contribution in [0.1, 0.15) is 63.9 Å². The maximum atomic E-state index is 12.5. The van der Waals surface area contributed by atoms with Gasteiger partial charge in [0.15, 0.2) is 0 Å². The number of nitrogens with zero attached hydrogens (tertiary/aromatic N) is 1. The standard InChI is InChI=1S/C24H26N2O4/c1-16-10-11-19-20(14-16)24(29)26(23(19)28)13-12-22(27)25-15-17-6-2-5-9-21(17)30-18-7-3-4-8-18/h2,5-6,9-11,14,18H,3-4,7-8,12-13,15H2,1H3,(H,25,27). The zero-order chi connectivity index (χ0) is 21.1. The van der Waals surface area contributed by atoms with Crippen molar-refractivity contribution in [1.82, 2.24) is 10.2 Å². The highest BCUT2D eigenvalue weighted by atomic mass is 16.5. The van der Waals surface area contributed by atoms with Gasteiger partial charge >= 0.3 is 0 Å². The van der Waals surface area contributed by atoms with E-state index < -0.39 is 0 Å². The monoisotopic (exact) mass is 406 g/mol. The predicted octanol–water partition coefficient (Wildman–Crippen LogP) is 3.62. The van der Waals surface area contributed by atoms with Crippen LogP contribution in [0, 0.1) is 6.92 Å². The number of para-hydroxylation sites is 1. The number of ether oxygens (including phenoxy) is 1. The van der Waals surface area contributed by atoms with E-state index in [0.717, 1.165) is 34.6 Å². The fourth-order valence-corrected chi connectivity index (χ4v) is 4.05. The Hall–Kier alpha value is -3.15. The van der Waals surface area contributed by atoms with Gasteiger partial charge in [-0.1, -0.05) is 29.8 Å². The molecular weight excluding hydrogens is 380 g/mol. The van der Waals surface area contributed by atoms with Gasteiger partial charge in [0.05, 0.1) is 17.2 Å². The number of rotatable bonds is 7. The molecule has 6 heteroatoms. The maximum absolute atomic E-state index is 12.5. The first-order valence-corrected chi connectivity index (χ1v) is 10.5. The summed E-state index contributed by atoms with van der Waals surface area (Å²) >= 11 is 0. The number of hydrogen-bond acceptors (Lipinski definition) is 4. The number of imide groups is 1. The normalized spacial score (nSPS) is 16.1. The number of aryl methyl sites for hydroxylation is 1. The Kier molecular flexibility index (Phi) is 5.84. The van der Waals surface area contributed by atoms with Crippen molar-refractivity contribution in [2.24, 2.45) is 0 Å². The highest BCUT2D eigenvalue weighted by molar-refractivity contribution is 6.21. The molecule has 156 valence electrons. The van der Waals surface area contributed by atoms with E-state index in [1.165, 1.54) is 12.8 Å². The van der Waals surface area contributed by atoms with Gasteiger partial charge in [-0.3, -0.25) is 19.3 Å². The van der Waals surface area contributed by atoms with Crippen molar-refractivity contribution in [3.63, 3.8) is 0 Å². The summed E-state index contributed by atoms with van der Waals surface area (Å²) in [6.45, 7) is 2.29. The van der Waals surface area contributed by atoms with Gasteiger partial charge in [-0.05, 0) is 50.8 Å². The molecule has 0 saturated heterocycles. The van der Waals surface area contributed by atoms with Crippen molar-refractivity contribution in [2.75, 3.05) is 6.54 Å². The van der Waals surface area contributed by atoms with Crippen molar-refractivity contribution in [1.29, 1.82) is 0 Å². The van der Waals surface area contributed by atoms with E-state index in [1.807, 2.05) is 37.3 Å². The Morgan fingerprint density at radius 3 is 2.60 bits per heavy atom. The van der Waals surface area contributed by atoms with Crippen LogP contribution >= 0.6 is 0 Å². The van der Waals surface area contributed by atoms with Gasteiger partial charge in [-0.25, -0.2) is 0 Å². The van der Waals surface area contributed by atoms with Crippen LogP contribution in [0.3, 0.4) is 0 Å². The second-order valence-corrected chi connectivity index (χ2v) is 7.97. The van der Waals surface area contributed by atoms with Crippen LogP contribution in [0.2, 0.25) is 0 Å². The Balaban J connectivity index is 1.31. The third-order valence-electron chi connectivity index (χ3n) is 5.73. The average Bonchev–Trinajstić information content (AvgIpc) is 3.33. The third kappa shape index (κ3) is 4.22. The molecule has 30 heavy (non-hydrogen) atoms. The molecule has 0 unspecified atom stereocenters. The number of nitrogens with one attached hydrogen (secondary N) is 1. The van der Waals surface area contributed by atoms with E-state index in [4.69, 9.17) is 4.74 Å². The summed E-state index contributed by atoms with van der Waals surface area (Å²) in [6.07, 6.45) is 4.85. The number of fused-ring (bicyclic) bond motifs is 1. The van der Waals surface area contributed by atoms with E-state index in [9.17, 15) is 14.4 Å². The summed E-state index contributed by atoms with van der Waals surface area (Å²) in [6, 6.07) is 12.9. The van der Waals surface area contributed by atoms with Crippen molar-refractivity contribution < 1.29 is 19.1 Å². The molecule has 1 saturated carbocycles. The summed E-state index contributed by atoms with van der Waals surface area (Å²) in [5.74, 6) is -0.0706. The van der Waals surface area contributed by atoms with Gasteiger partial charge in [0.25, 0.3) is 11.8 Å². The Morgan fingerprint density at radius 2 is 1.80 bits per heavy atom. The molecule has 2 aliphatic rings. The second kappa shape index (κ2) is 8.69. The van der Waals surface area contributed by atoms with Crippen molar-refractivity contribution in [3.05, 3.63) is 64.7 Å². The van der Waals surface area contributed by atoms with Crippen molar-refractivity contribution >= 4 is 17.7 Å². The molecule has 3 amide bonds. The third-order valence-corrected chi connectivity index (χ3v) is 5.73. The molecule has 1 aliphatic heterocycles. The molecule has 2 aromatic carbocycles. The minimum Gasteiger partial charge on any atom is -0.490 e. The number of hydrogen-bond donors (Lipinski definition) is 1. The predicted molar refractivity (Wildman–Crippen MR) is 112 cm³/mol. The number of benzene rings is 2.